The topological polar surface area (TPSA) is 34.0 Å². The summed E-state index contributed by atoms with van der Waals surface area (Å²) in [5.74, 6) is 0.135. The second-order valence-electron chi connectivity index (χ2n) is 5.64. The number of hydrogen-bond acceptors (Lipinski definition) is 1. The molecule has 0 fully saturated rings. The summed E-state index contributed by atoms with van der Waals surface area (Å²) in [6.45, 7) is 7.62. The smallest absolute Gasteiger partial charge is 0.221 e. The van der Waals surface area contributed by atoms with Gasteiger partial charge in [0.05, 0.1) is 0 Å². The van der Waals surface area contributed by atoms with Crippen LogP contribution in [0.25, 0.3) is 21.8 Å². The first-order valence-electron chi connectivity index (χ1n) is 9.04. The van der Waals surface area contributed by atoms with Crippen LogP contribution in [0.5, 0.6) is 0 Å². The second kappa shape index (κ2) is 9.11. The van der Waals surface area contributed by atoms with Crippen molar-refractivity contribution in [1.29, 1.82) is 0 Å². The number of aromatic nitrogens is 1. The third-order valence-corrected chi connectivity index (χ3v) is 4.09. The number of aryl methyl sites for hydroxylation is 1. The summed E-state index contributed by atoms with van der Waals surface area (Å²) < 4.78 is 2.25. The molecule has 24 heavy (non-hydrogen) atoms. The van der Waals surface area contributed by atoms with Crippen LogP contribution in [0.4, 0.5) is 0 Å². The van der Waals surface area contributed by atoms with E-state index in [0.29, 0.717) is 13.0 Å². The molecule has 0 saturated carbocycles. The Labute approximate surface area is 144 Å². The molecule has 0 unspecified atom stereocenters. The Hall–Kier alpha value is -2.29. The van der Waals surface area contributed by atoms with Crippen LogP contribution < -0.4 is 5.32 Å². The van der Waals surface area contributed by atoms with E-state index in [1.54, 1.807) is 0 Å². The lowest BCUT2D eigenvalue weighted by atomic mass is 10.2. The minimum absolute atomic E-state index is 0.135. The van der Waals surface area contributed by atoms with Crippen molar-refractivity contribution in [3.05, 3.63) is 48.5 Å². The number of benzene rings is 2. The first-order chi connectivity index (χ1) is 11.8. The van der Waals surface area contributed by atoms with Crippen LogP contribution in [0.1, 0.15) is 40.0 Å². The van der Waals surface area contributed by atoms with Gasteiger partial charge < -0.3 is 9.88 Å². The third kappa shape index (κ3) is 3.97. The van der Waals surface area contributed by atoms with Crippen molar-refractivity contribution in [2.75, 3.05) is 6.54 Å². The Kier molecular flexibility index (Phi) is 6.86. The number of nitrogens with one attached hydrogen (secondary N) is 1. The Morgan fingerprint density at radius 1 is 0.958 bits per heavy atom. The predicted molar refractivity (Wildman–Crippen MR) is 103 cm³/mol. The molecule has 0 aliphatic rings. The van der Waals surface area contributed by atoms with Gasteiger partial charge in [0.1, 0.15) is 0 Å². The summed E-state index contributed by atoms with van der Waals surface area (Å²) in [7, 11) is 0. The lowest BCUT2D eigenvalue weighted by Gasteiger charge is -2.08. The highest BCUT2D eigenvalue weighted by Gasteiger charge is 2.10. The van der Waals surface area contributed by atoms with Crippen LogP contribution in [0.3, 0.4) is 0 Å². The number of carbonyl (C=O) groups is 1. The lowest BCUT2D eigenvalue weighted by molar-refractivity contribution is -0.121. The highest BCUT2D eigenvalue weighted by Crippen LogP contribution is 2.28. The van der Waals surface area contributed by atoms with E-state index in [-0.39, 0.29) is 5.91 Å². The summed E-state index contributed by atoms with van der Waals surface area (Å²) in [6, 6.07) is 16.8. The molecule has 0 bridgehead atoms. The van der Waals surface area contributed by atoms with Gasteiger partial charge in [-0.1, -0.05) is 63.6 Å². The van der Waals surface area contributed by atoms with E-state index < -0.39 is 0 Å². The summed E-state index contributed by atoms with van der Waals surface area (Å²) in [5, 5.41) is 5.50. The van der Waals surface area contributed by atoms with E-state index in [4.69, 9.17) is 0 Å². The number of unbranched alkanes of at least 4 members (excludes halogenated alkanes) is 1. The molecule has 3 heteroatoms. The van der Waals surface area contributed by atoms with E-state index in [0.717, 1.165) is 19.4 Å². The number of amides is 1. The van der Waals surface area contributed by atoms with Crippen molar-refractivity contribution in [2.24, 2.45) is 0 Å². The van der Waals surface area contributed by atoms with Gasteiger partial charge in [0.2, 0.25) is 5.91 Å². The zero-order valence-corrected chi connectivity index (χ0v) is 15.0. The van der Waals surface area contributed by atoms with Gasteiger partial charge in [-0.2, -0.15) is 0 Å². The molecular weight excluding hydrogens is 296 g/mol. The molecule has 1 amide bonds. The van der Waals surface area contributed by atoms with Crippen molar-refractivity contribution in [3.8, 4) is 0 Å². The summed E-state index contributed by atoms with van der Waals surface area (Å²) in [6.07, 6.45) is 2.67. The van der Waals surface area contributed by atoms with Crippen molar-refractivity contribution < 1.29 is 4.79 Å². The van der Waals surface area contributed by atoms with Gasteiger partial charge in [-0.25, -0.2) is 0 Å². The molecule has 1 aromatic heterocycles. The second-order valence-corrected chi connectivity index (χ2v) is 5.64. The maximum atomic E-state index is 12.0. The maximum absolute atomic E-state index is 12.0. The molecule has 0 saturated heterocycles. The van der Waals surface area contributed by atoms with E-state index in [2.05, 4.69) is 65.3 Å². The Balaban J connectivity index is 0.00000100. The van der Waals surface area contributed by atoms with Crippen LogP contribution in [-0.2, 0) is 11.3 Å². The van der Waals surface area contributed by atoms with Crippen molar-refractivity contribution in [2.45, 2.75) is 46.6 Å². The standard InChI is InChI=1S/C19H22N2O.C2H6/c1-2-3-13-20-19(22)12-14-21-17-10-6-4-8-15(17)16-9-5-7-11-18(16)21;1-2/h4-11H,2-3,12-14H2,1H3,(H,20,22);1-2H3. The molecule has 0 radical (unpaired) electrons. The quantitative estimate of drug-likeness (QED) is 0.627. The SMILES string of the molecule is CC.CCCCNC(=O)CCn1c2ccccc2c2ccccc21. The number of rotatable bonds is 6. The number of carbonyl (C=O) groups excluding carboxylic acids is 1. The highest BCUT2D eigenvalue weighted by molar-refractivity contribution is 6.08. The Bertz CT molecular complexity index is 735. The third-order valence-electron chi connectivity index (χ3n) is 4.09. The molecule has 3 rings (SSSR count). The predicted octanol–water partition coefficient (Wildman–Crippen LogP) is 5.13. The average molecular weight is 324 g/mol. The number of fused-ring (bicyclic) bond motifs is 3. The van der Waals surface area contributed by atoms with Crippen LogP contribution in [0, 0.1) is 0 Å². The molecule has 0 spiro atoms. The zero-order valence-electron chi connectivity index (χ0n) is 15.0. The molecule has 1 N–H and O–H groups in total. The number of para-hydroxylation sites is 2. The first kappa shape index (κ1) is 18.1. The normalized spacial score (nSPS) is 10.5. The molecule has 0 aliphatic carbocycles. The van der Waals surface area contributed by atoms with E-state index >= 15 is 0 Å². The van der Waals surface area contributed by atoms with Gasteiger partial charge in [-0.05, 0) is 18.6 Å². The Morgan fingerprint density at radius 3 is 2.04 bits per heavy atom. The van der Waals surface area contributed by atoms with Gasteiger partial charge in [0.15, 0.2) is 0 Å². The number of hydrogen-bond donors (Lipinski definition) is 1. The zero-order chi connectivity index (χ0) is 17.4. The van der Waals surface area contributed by atoms with E-state index in [1.165, 1.54) is 21.8 Å². The van der Waals surface area contributed by atoms with Gasteiger partial charge in [0.25, 0.3) is 0 Å². The van der Waals surface area contributed by atoms with Crippen LogP contribution >= 0.6 is 0 Å². The van der Waals surface area contributed by atoms with Crippen molar-refractivity contribution >= 4 is 27.7 Å². The molecule has 2 aromatic carbocycles. The molecule has 128 valence electrons. The van der Waals surface area contributed by atoms with Gasteiger partial charge in [0, 0.05) is 41.3 Å². The van der Waals surface area contributed by atoms with E-state index in [9.17, 15) is 4.79 Å². The van der Waals surface area contributed by atoms with Crippen LogP contribution in [-0.4, -0.2) is 17.0 Å². The molecule has 3 aromatic rings. The fourth-order valence-electron chi connectivity index (χ4n) is 2.95. The summed E-state index contributed by atoms with van der Waals surface area (Å²) in [5.41, 5.74) is 2.40. The van der Waals surface area contributed by atoms with Gasteiger partial charge in [-0.15, -0.1) is 0 Å². The molecule has 1 heterocycles. The van der Waals surface area contributed by atoms with Crippen LogP contribution in [0.2, 0.25) is 0 Å². The maximum Gasteiger partial charge on any atom is 0.221 e. The Morgan fingerprint density at radius 2 is 1.50 bits per heavy atom. The fraction of sp³-hybridized carbons (Fsp3) is 0.381. The molecule has 0 atom stereocenters. The monoisotopic (exact) mass is 324 g/mol. The minimum Gasteiger partial charge on any atom is -0.356 e. The summed E-state index contributed by atoms with van der Waals surface area (Å²) in [4.78, 5) is 12.0. The fourth-order valence-corrected chi connectivity index (χ4v) is 2.95. The summed E-state index contributed by atoms with van der Waals surface area (Å²) >= 11 is 0. The lowest BCUT2D eigenvalue weighted by Crippen LogP contribution is -2.25. The van der Waals surface area contributed by atoms with Crippen molar-refractivity contribution in [1.82, 2.24) is 9.88 Å². The van der Waals surface area contributed by atoms with E-state index in [1.807, 2.05) is 13.8 Å². The molecule has 3 nitrogen and oxygen atoms in total. The largest absolute Gasteiger partial charge is 0.356 e. The molecular formula is C21H28N2O. The first-order valence-corrected chi connectivity index (χ1v) is 9.04. The highest BCUT2D eigenvalue weighted by atomic mass is 16.1. The van der Waals surface area contributed by atoms with Crippen LogP contribution in [0.15, 0.2) is 48.5 Å². The average Bonchev–Trinajstić information content (AvgIpc) is 2.96. The van der Waals surface area contributed by atoms with Crippen molar-refractivity contribution in [3.63, 3.8) is 0 Å². The molecule has 0 aliphatic heterocycles. The van der Waals surface area contributed by atoms with Gasteiger partial charge in [-0.3, -0.25) is 4.79 Å². The number of nitrogens with zero attached hydrogens (tertiary/aromatic N) is 1. The van der Waals surface area contributed by atoms with Gasteiger partial charge >= 0.3 is 0 Å². The minimum atomic E-state index is 0.135.